The van der Waals surface area contributed by atoms with Crippen LogP contribution in [0.1, 0.15) is 17.5 Å². The molecule has 0 saturated heterocycles. The number of nitrogens with one attached hydrogen (secondary N) is 2. The molecule has 0 spiro atoms. The first-order chi connectivity index (χ1) is 11.9. The first-order valence-corrected chi connectivity index (χ1v) is 10.2. The fraction of sp³-hybridized carbons (Fsp3) is 0.278. The Labute approximate surface area is 157 Å². The standard InChI is InChI=1S/C18H21BrN2O3S/c1-14-4-2-5-15(12-14)8-10-20-18(22)9-11-21-25(23,24)17-7-3-6-16(19)13-17/h2-7,12-13,21H,8-11H2,1H3,(H,20,22). The SMILES string of the molecule is Cc1cccc(CCNC(=O)CCNS(=O)(=O)c2cccc(Br)c2)c1. The van der Waals surface area contributed by atoms with Gasteiger partial charge in [-0.25, -0.2) is 13.1 Å². The minimum Gasteiger partial charge on any atom is -0.356 e. The van der Waals surface area contributed by atoms with Crippen LogP contribution in [0.2, 0.25) is 0 Å². The summed E-state index contributed by atoms with van der Waals surface area (Å²) < 4.78 is 27.4. The Morgan fingerprint density at radius 1 is 1.08 bits per heavy atom. The Morgan fingerprint density at radius 3 is 2.56 bits per heavy atom. The summed E-state index contributed by atoms with van der Waals surface area (Å²) in [6.45, 7) is 2.62. The van der Waals surface area contributed by atoms with Gasteiger partial charge in [-0.05, 0) is 37.1 Å². The number of carbonyl (C=O) groups excluding carboxylic acids is 1. The number of hydrogen-bond donors (Lipinski definition) is 2. The van der Waals surface area contributed by atoms with Crippen molar-refractivity contribution < 1.29 is 13.2 Å². The summed E-state index contributed by atoms with van der Waals surface area (Å²) in [6.07, 6.45) is 0.845. The van der Waals surface area contributed by atoms with E-state index < -0.39 is 10.0 Å². The summed E-state index contributed by atoms with van der Waals surface area (Å²) in [5.41, 5.74) is 2.35. The highest BCUT2D eigenvalue weighted by atomic mass is 79.9. The molecular formula is C18H21BrN2O3S. The number of carbonyl (C=O) groups is 1. The minimum absolute atomic E-state index is 0.0606. The molecule has 25 heavy (non-hydrogen) atoms. The Bertz CT molecular complexity index is 838. The van der Waals surface area contributed by atoms with Crippen LogP contribution >= 0.6 is 15.9 Å². The third-order valence-corrected chi connectivity index (χ3v) is 5.52. The molecule has 2 rings (SSSR count). The second-order valence-electron chi connectivity index (χ2n) is 5.69. The summed E-state index contributed by atoms with van der Waals surface area (Å²) in [7, 11) is -3.61. The van der Waals surface area contributed by atoms with Crippen LogP contribution < -0.4 is 10.0 Å². The number of rotatable bonds is 8. The first kappa shape index (κ1) is 19.6. The third kappa shape index (κ3) is 6.61. The maximum atomic E-state index is 12.1. The van der Waals surface area contributed by atoms with Gasteiger partial charge in [0.15, 0.2) is 0 Å². The van der Waals surface area contributed by atoms with Gasteiger partial charge in [0, 0.05) is 24.0 Å². The highest BCUT2D eigenvalue weighted by Gasteiger charge is 2.14. The molecule has 0 bridgehead atoms. The number of hydrogen-bond acceptors (Lipinski definition) is 3. The number of aryl methyl sites for hydroxylation is 1. The Kier molecular flexibility index (Phi) is 7.16. The smallest absolute Gasteiger partial charge is 0.240 e. The Balaban J connectivity index is 1.73. The van der Waals surface area contributed by atoms with Gasteiger partial charge in [-0.3, -0.25) is 4.79 Å². The topological polar surface area (TPSA) is 75.3 Å². The molecule has 134 valence electrons. The second-order valence-corrected chi connectivity index (χ2v) is 8.38. The lowest BCUT2D eigenvalue weighted by Crippen LogP contribution is -2.31. The average Bonchev–Trinajstić information content (AvgIpc) is 2.55. The van der Waals surface area contributed by atoms with E-state index in [9.17, 15) is 13.2 Å². The van der Waals surface area contributed by atoms with Gasteiger partial charge in [0.1, 0.15) is 0 Å². The van der Waals surface area contributed by atoms with Crippen LogP contribution in [0.3, 0.4) is 0 Å². The van der Waals surface area contributed by atoms with Crippen molar-refractivity contribution in [1.82, 2.24) is 10.0 Å². The molecule has 0 fully saturated rings. The zero-order chi connectivity index (χ0) is 18.3. The van der Waals surface area contributed by atoms with Crippen LogP contribution in [0.15, 0.2) is 57.9 Å². The molecule has 7 heteroatoms. The van der Waals surface area contributed by atoms with Gasteiger partial charge in [-0.1, -0.05) is 51.8 Å². The molecule has 0 heterocycles. The fourth-order valence-electron chi connectivity index (χ4n) is 2.32. The van der Waals surface area contributed by atoms with E-state index in [0.29, 0.717) is 11.0 Å². The molecule has 0 aromatic heterocycles. The number of benzene rings is 2. The highest BCUT2D eigenvalue weighted by molar-refractivity contribution is 9.10. The van der Waals surface area contributed by atoms with Crippen LogP contribution in [-0.4, -0.2) is 27.4 Å². The number of amides is 1. The zero-order valence-electron chi connectivity index (χ0n) is 14.0. The predicted molar refractivity (Wildman–Crippen MR) is 102 cm³/mol. The molecule has 1 amide bonds. The van der Waals surface area contributed by atoms with E-state index in [1.807, 2.05) is 25.1 Å². The van der Waals surface area contributed by atoms with Crippen molar-refractivity contribution in [3.05, 3.63) is 64.1 Å². The normalized spacial score (nSPS) is 11.3. The van der Waals surface area contributed by atoms with Gasteiger partial charge in [-0.15, -0.1) is 0 Å². The van der Waals surface area contributed by atoms with Gasteiger partial charge in [0.05, 0.1) is 4.90 Å². The van der Waals surface area contributed by atoms with Crippen molar-refractivity contribution in [2.75, 3.05) is 13.1 Å². The molecule has 0 saturated carbocycles. The molecule has 0 aliphatic rings. The average molecular weight is 425 g/mol. The number of halogens is 1. The summed E-state index contributed by atoms with van der Waals surface area (Å²) in [4.78, 5) is 12.0. The molecular weight excluding hydrogens is 404 g/mol. The lowest BCUT2D eigenvalue weighted by atomic mass is 10.1. The molecule has 0 radical (unpaired) electrons. The van der Waals surface area contributed by atoms with Gasteiger partial charge in [-0.2, -0.15) is 0 Å². The van der Waals surface area contributed by atoms with E-state index in [4.69, 9.17) is 0 Å². The fourth-order valence-corrected chi connectivity index (χ4v) is 3.95. The minimum atomic E-state index is -3.61. The first-order valence-electron chi connectivity index (χ1n) is 7.94. The van der Waals surface area contributed by atoms with Crippen LogP contribution in [0.5, 0.6) is 0 Å². The molecule has 2 aromatic carbocycles. The van der Waals surface area contributed by atoms with Gasteiger partial charge >= 0.3 is 0 Å². The summed E-state index contributed by atoms with van der Waals surface area (Å²) >= 11 is 3.24. The van der Waals surface area contributed by atoms with Crippen LogP contribution in [0.25, 0.3) is 0 Å². The molecule has 0 unspecified atom stereocenters. The van der Waals surface area contributed by atoms with Crippen molar-refractivity contribution in [3.8, 4) is 0 Å². The quantitative estimate of drug-likeness (QED) is 0.683. The maximum Gasteiger partial charge on any atom is 0.240 e. The van der Waals surface area contributed by atoms with E-state index in [2.05, 4.69) is 32.0 Å². The Hall–Kier alpha value is -1.70. The monoisotopic (exact) mass is 424 g/mol. The second kappa shape index (κ2) is 9.12. The predicted octanol–water partition coefficient (Wildman–Crippen LogP) is 2.78. The van der Waals surface area contributed by atoms with Crippen molar-refractivity contribution >= 4 is 31.9 Å². The van der Waals surface area contributed by atoms with E-state index in [-0.39, 0.29) is 23.8 Å². The van der Waals surface area contributed by atoms with Gasteiger partial charge in [0.2, 0.25) is 15.9 Å². The Morgan fingerprint density at radius 2 is 1.84 bits per heavy atom. The van der Waals surface area contributed by atoms with Crippen molar-refractivity contribution in [3.63, 3.8) is 0 Å². The molecule has 5 nitrogen and oxygen atoms in total. The highest BCUT2D eigenvalue weighted by Crippen LogP contribution is 2.15. The van der Waals surface area contributed by atoms with Crippen molar-refractivity contribution in [2.45, 2.75) is 24.7 Å². The van der Waals surface area contributed by atoms with Crippen LogP contribution in [-0.2, 0) is 21.2 Å². The largest absolute Gasteiger partial charge is 0.356 e. The zero-order valence-corrected chi connectivity index (χ0v) is 16.4. The molecule has 0 atom stereocenters. The lowest BCUT2D eigenvalue weighted by Gasteiger charge is -2.08. The van der Waals surface area contributed by atoms with Gasteiger partial charge < -0.3 is 5.32 Å². The summed E-state index contributed by atoms with van der Waals surface area (Å²) in [5, 5.41) is 2.80. The summed E-state index contributed by atoms with van der Waals surface area (Å²) in [6, 6.07) is 14.5. The van der Waals surface area contributed by atoms with Gasteiger partial charge in [0.25, 0.3) is 0 Å². The summed E-state index contributed by atoms with van der Waals surface area (Å²) in [5.74, 6) is -0.176. The molecule has 2 N–H and O–H groups in total. The number of sulfonamides is 1. The van der Waals surface area contributed by atoms with Crippen molar-refractivity contribution in [2.24, 2.45) is 0 Å². The molecule has 2 aromatic rings. The van der Waals surface area contributed by atoms with E-state index in [0.717, 1.165) is 12.0 Å². The lowest BCUT2D eigenvalue weighted by molar-refractivity contribution is -0.120. The maximum absolute atomic E-state index is 12.1. The van der Waals surface area contributed by atoms with E-state index in [1.54, 1.807) is 12.1 Å². The third-order valence-electron chi connectivity index (χ3n) is 3.57. The van der Waals surface area contributed by atoms with E-state index in [1.165, 1.54) is 17.7 Å². The van der Waals surface area contributed by atoms with Crippen LogP contribution in [0.4, 0.5) is 0 Å². The molecule has 0 aliphatic heterocycles. The van der Waals surface area contributed by atoms with Crippen molar-refractivity contribution in [1.29, 1.82) is 0 Å². The van der Waals surface area contributed by atoms with E-state index >= 15 is 0 Å². The van der Waals surface area contributed by atoms with Crippen LogP contribution in [0, 0.1) is 6.92 Å². The molecule has 0 aliphatic carbocycles.